The van der Waals surface area contributed by atoms with Crippen molar-refractivity contribution < 1.29 is 9.18 Å². The number of rotatable bonds is 5. The second-order valence-corrected chi connectivity index (χ2v) is 9.64. The number of hydrogen-bond acceptors (Lipinski definition) is 6. The summed E-state index contributed by atoms with van der Waals surface area (Å²) in [6.45, 7) is 4.09. The lowest BCUT2D eigenvalue weighted by molar-refractivity contribution is -0.126. The molecule has 1 atom stereocenters. The summed E-state index contributed by atoms with van der Waals surface area (Å²) in [5.74, 6) is 0.397. The molecule has 0 spiro atoms. The highest BCUT2D eigenvalue weighted by Gasteiger charge is 2.31. The van der Waals surface area contributed by atoms with Gasteiger partial charge in [0.05, 0.1) is 11.1 Å². The van der Waals surface area contributed by atoms with Gasteiger partial charge in [-0.3, -0.25) is 9.69 Å². The molecule has 0 bridgehead atoms. The van der Waals surface area contributed by atoms with E-state index in [0.717, 1.165) is 15.4 Å². The number of fused-ring (bicyclic) bond motifs is 1. The van der Waals surface area contributed by atoms with Crippen LogP contribution in [0.2, 0.25) is 0 Å². The number of hydrogen-bond donors (Lipinski definition) is 1. The van der Waals surface area contributed by atoms with Gasteiger partial charge in [0.1, 0.15) is 24.0 Å². The van der Waals surface area contributed by atoms with Crippen molar-refractivity contribution in [3.63, 3.8) is 0 Å². The van der Waals surface area contributed by atoms with E-state index in [1.807, 2.05) is 43.6 Å². The highest BCUT2D eigenvalue weighted by molar-refractivity contribution is 9.10. The molecule has 3 heterocycles. The Morgan fingerprint density at radius 1 is 1.17 bits per heavy atom. The molecule has 0 aliphatic carbocycles. The minimum atomic E-state index is -0.328. The zero-order valence-electron chi connectivity index (χ0n) is 19.4. The van der Waals surface area contributed by atoms with Crippen molar-refractivity contribution in [3.8, 4) is 5.69 Å². The number of carbonyl (C=O) groups is 1. The molecule has 1 N–H and O–H groups in total. The lowest BCUT2D eigenvalue weighted by Crippen LogP contribution is -2.57. The Labute approximate surface area is 210 Å². The molecule has 8 nitrogen and oxygen atoms in total. The third-order valence-corrected chi connectivity index (χ3v) is 6.87. The van der Waals surface area contributed by atoms with Crippen molar-refractivity contribution >= 4 is 38.7 Å². The lowest BCUT2D eigenvalue weighted by Gasteiger charge is -2.39. The van der Waals surface area contributed by atoms with Crippen LogP contribution >= 0.6 is 15.9 Å². The SMILES string of the molecule is Cc1ccc(-n2cc3c(N4CCN(C)[C@@H](C(=O)NCc5ccc(Br)cc5)C4)ncnc3n2)cc1F. The van der Waals surface area contributed by atoms with Crippen LogP contribution in [0.15, 0.2) is 59.5 Å². The first-order valence-corrected chi connectivity index (χ1v) is 12.1. The number of amides is 1. The standard InChI is InChI=1S/C25H25BrFN7O/c1-16-3-8-19(11-21(16)27)34-13-20-23(31-34)29-15-30-24(20)33-10-9-32(2)22(14-33)25(35)28-12-17-4-6-18(26)7-5-17/h3-8,11,13,15,22H,9-10,12,14H2,1-2H3,(H,28,35)/t22-/m1/s1. The fourth-order valence-electron chi connectivity index (χ4n) is 4.19. The van der Waals surface area contributed by atoms with Gasteiger partial charge in [-0.1, -0.05) is 34.1 Å². The Hall–Kier alpha value is -3.37. The summed E-state index contributed by atoms with van der Waals surface area (Å²) in [6, 6.07) is 12.6. The summed E-state index contributed by atoms with van der Waals surface area (Å²) in [7, 11) is 1.96. The number of aromatic nitrogens is 4. The van der Waals surface area contributed by atoms with Crippen molar-refractivity contribution in [3.05, 3.63) is 76.4 Å². The van der Waals surface area contributed by atoms with Gasteiger partial charge in [0.2, 0.25) is 5.91 Å². The maximum Gasteiger partial charge on any atom is 0.239 e. The van der Waals surface area contributed by atoms with Gasteiger partial charge in [0.25, 0.3) is 0 Å². The molecule has 10 heteroatoms. The first-order valence-electron chi connectivity index (χ1n) is 11.3. The smallest absolute Gasteiger partial charge is 0.239 e. The van der Waals surface area contributed by atoms with Crippen LogP contribution in [0.3, 0.4) is 0 Å². The molecule has 180 valence electrons. The van der Waals surface area contributed by atoms with Crippen molar-refractivity contribution in [1.82, 2.24) is 30.0 Å². The van der Waals surface area contributed by atoms with Gasteiger partial charge < -0.3 is 10.2 Å². The number of carbonyl (C=O) groups excluding carboxylic acids is 1. The molecule has 2 aromatic heterocycles. The van der Waals surface area contributed by atoms with Gasteiger partial charge in [0.15, 0.2) is 5.65 Å². The molecule has 1 fully saturated rings. The number of anilines is 1. The van der Waals surface area contributed by atoms with Gasteiger partial charge in [-0.05, 0) is 49.4 Å². The number of likely N-dealkylation sites (N-methyl/N-ethyl adjacent to an activating group) is 1. The van der Waals surface area contributed by atoms with Crippen molar-refractivity contribution in [2.75, 3.05) is 31.6 Å². The van der Waals surface area contributed by atoms with Gasteiger partial charge in [-0.15, -0.1) is 5.10 Å². The van der Waals surface area contributed by atoms with Crippen molar-refractivity contribution in [2.45, 2.75) is 19.5 Å². The van der Waals surface area contributed by atoms with Crippen molar-refractivity contribution in [1.29, 1.82) is 0 Å². The summed E-state index contributed by atoms with van der Waals surface area (Å²) < 4.78 is 16.7. The third kappa shape index (κ3) is 4.89. The average molecular weight is 538 g/mol. The van der Waals surface area contributed by atoms with E-state index in [9.17, 15) is 9.18 Å². The quantitative estimate of drug-likeness (QED) is 0.420. The predicted octanol–water partition coefficient (Wildman–Crippen LogP) is 3.46. The number of nitrogens with zero attached hydrogens (tertiary/aromatic N) is 6. The summed E-state index contributed by atoms with van der Waals surface area (Å²) in [6.07, 6.45) is 3.29. The van der Waals surface area contributed by atoms with Crippen LogP contribution in [0.25, 0.3) is 16.7 Å². The van der Waals surface area contributed by atoms with Crippen LogP contribution in [0.5, 0.6) is 0 Å². The zero-order valence-corrected chi connectivity index (χ0v) is 21.0. The average Bonchev–Trinajstić information content (AvgIpc) is 3.30. The van der Waals surface area contributed by atoms with E-state index in [1.54, 1.807) is 17.7 Å². The molecule has 0 radical (unpaired) electrons. The molecule has 1 amide bonds. The number of benzene rings is 2. The minimum Gasteiger partial charge on any atom is -0.353 e. The molecule has 35 heavy (non-hydrogen) atoms. The second-order valence-electron chi connectivity index (χ2n) is 8.73. The molecule has 4 aromatic rings. The van der Waals surface area contributed by atoms with Gasteiger partial charge in [-0.25, -0.2) is 19.0 Å². The Kier molecular flexibility index (Phi) is 6.48. The second kappa shape index (κ2) is 9.71. The first kappa shape index (κ1) is 23.4. The number of halogens is 2. The topological polar surface area (TPSA) is 79.2 Å². The van der Waals surface area contributed by atoms with Crippen LogP contribution in [0, 0.1) is 12.7 Å². The van der Waals surface area contributed by atoms with Gasteiger partial charge >= 0.3 is 0 Å². The van der Waals surface area contributed by atoms with Crippen molar-refractivity contribution in [2.24, 2.45) is 0 Å². The maximum atomic E-state index is 14.1. The fraction of sp³-hybridized carbons (Fsp3) is 0.280. The first-order chi connectivity index (χ1) is 16.9. The predicted molar refractivity (Wildman–Crippen MR) is 136 cm³/mol. The van der Waals surface area contributed by atoms with Crippen LogP contribution in [0.4, 0.5) is 10.2 Å². The molecule has 1 aliphatic rings. The van der Waals surface area contributed by atoms with Crippen LogP contribution < -0.4 is 10.2 Å². The molecule has 0 unspecified atom stereocenters. The Balaban J connectivity index is 1.36. The minimum absolute atomic E-state index is 0.0313. The molecule has 1 aliphatic heterocycles. The summed E-state index contributed by atoms with van der Waals surface area (Å²) >= 11 is 3.43. The zero-order chi connectivity index (χ0) is 24.5. The summed E-state index contributed by atoms with van der Waals surface area (Å²) in [4.78, 5) is 26.0. The van der Waals surface area contributed by atoms with E-state index in [2.05, 4.69) is 46.1 Å². The van der Waals surface area contributed by atoms with E-state index in [4.69, 9.17) is 0 Å². The van der Waals surface area contributed by atoms with E-state index in [-0.39, 0.29) is 17.8 Å². The van der Waals surface area contributed by atoms with E-state index in [1.165, 1.54) is 12.4 Å². The Morgan fingerprint density at radius 3 is 2.74 bits per heavy atom. The normalized spacial score (nSPS) is 16.6. The molecule has 0 saturated carbocycles. The maximum absolute atomic E-state index is 14.1. The molecule has 5 rings (SSSR count). The monoisotopic (exact) mass is 537 g/mol. The van der Waals surface area contributed by atoms with Crippen LogP contribution in [-0.2, 0) is 11.3 Å². The van der Waals surface area contributed by atoms with E-state index < -0.39 is 0 Å². The summed E-state index contributed by atoms with van der Waals surface area (Å²) in [5.41, 5.74) is 2.74. The van der Waals surface area contributed by atoms with E-state index in [0.29, 0.717) is 48.9 Å². The van der Waals surface area contributed by atoms with Crippen LogP contribution in [0.1, 0.15) is 11.1 Å². The molecule has 1 saturated heterocycles. The highest BCUT2D eigenvalue weighted by Crippen LogP contribution is 2.26. The van der Waals surface area contributed by atoms with Gasteiger partial charge in [-0.2, -0.15) is 0 Å². The molecule has 2 aromatic carbocycles. The Bertz CT molecular complexity index is 1370. The number of aryl methyl sites for hydroxylation is 1. The van der Waals surface area contributed by atoms with Crippen LogP contribution in [-0.4, -0.2) is 63.3 Å². The molecular weight excluding hydrogens is 513 g/mol. The number of piperazine rings is 1. The third-order valence-electron chi connectivity index (χ3n) is 6.35. The highest BCUT2D eigenvalue weighted by atomic mass is 79.9. The summed E-state index contributed by atoms with van der Waals surface area (Å²) in [5, 5.41) is 8.34. The largest absolute Gasteiger partial charge is 0.353 e. The Morgan fingerprint density at radius 2 is 1.97 bits per heavy atom. The van der Waals surface area contributed by atoms with E-state index >= 15 is 0 Å². The fourth-order valence-corrected chi connectivity index (χ4v) is 4.46. The molecular formula is C25H25BrFN7O. The number of nitrogens with one attached hydrogen (secondary N) is 1. The lowest BCUT2D eigenvalue weighted by atomic mass is 10.1. The van der Waals surface area contributed by atoms with Gasteiger partial charge in [0, 0.05) is 36.8 Å².